The minimum Gasteiger partial charge on any atom is -0.508 e. The number of Topliss-reactive ketones (excluding diaryl/α,β-unsaturated/α-hetero) is 2. The van der Waals surface area contributed by atoms with Gasteiger partial charge in [-0.15, -0.1) is 0 Å². The van der Waals surface area contributed by atoms with E-state index in [2.05, 4.69) is 0 Å². The van der Waals surface area contributed by atoms with Crippen LogP contribution in [-0.4, -0.2) is 79.7 Å². The van der Waals surface area contributed by atoms with Crippen LogP contribution in [0.3, 0.4) is 0 Å². The number of nitrogen functional groups attached to an aromatic ring is 1. The van der Waals surface area contributed by atoms with E-state index in [1.807, 2.05) is 20.8 Å². The van der Waals surface area contributed by atoms with E-state index in [-0.39, 0.29) is 17.0 Å². The van der Waals surface area contributed by atoms with E-state index in [0.717, 1.165) is 0 Å². The number of carbonyl (C=O) groups excluding carboxylic acids is 3. The number of nitrogens with zero attached hydrogens (tertiary/aromatic N) is 1. The number of anilines is 1. The molecule has 11 nitrogen and oxygen atoms in total. The zero-order valence-corrected chi connectivity index (χ0v) is 21.5. The predicted octanol–water partition coefficient (Wildman–Crippen LogP) is 0.376. The maximum atomic E-state index is 14.0. The van der Waals surface area contributed by atoms with E-state index in [1.54, 1.807) is 13.0 Å². The quantitative estimate of drug-likeness (QED) is 0.164. The van der Waals surface area contributed by atoms with Gasteiger partial charge in [0.25, 0.3) is 5.91 Å². The molecule has 0 aliphatic heterocycles. The van der Waals surface area contributed by atoms with E-state index < -0.39 is 81.1 Å². The summed E-state index contributed by atoms with van der Waals surface area (Å²) in [6.45, 7) is 7.11. The number of aliphatic hydroxyl groups excluding tert-OH is 3. The van der Waals surface area contributed by atoms with Crippen molar-refractivity contribution in [2.24, 2.45) is 17.6 Å². The van der Waals surface area contributed by atoms with Gasteiger partial charge in [-0.25, -0.2) is 0 Å². The molecule has 0 saturated heterocycles. The highest BCUT2D eigenvalue weighted by atomic mass is 16.4. The summed E-state index contributed by atoms with van der Waals surface area (Å²) in [5.41, 5.74) is 7.54. The van der Waals surface area contributed by atoms with Gasteiger partial charge in [-0.05, 0) is 37.1 Å². The van der Waals surface area contributed by atoms with Crippen molar-refractivity contribution >= 4 is 28.9 Å². The fraction of sp³-hybridized carbons (Fsp3) is 0.500. The molecule has 4 rings (SSSR count). The Bertz CT molecular complexity index is 1320. The molecule has 1 amide bonds. The van der Waals surface area contributed by atoms with Crippen molar-refractivity contribution in [3.63, 3.8) is 0 Å². The number of carbonyl (C=O) groups is 3. The number of benzene rings is 1. The molecule has 1 aromatic rings. The smallest absolute Gasteiger partial charge is 0.255 e. The first kappa shape index (κ1) is 26.6. The predicted molar refractivity (Wildman–Crippen MR) is 133 cm³/mol. The Labute approximate surface area is 213 Å². The number of nitrogens with two attached hydrogens (primary N) is 2. The molecule has 9 N–H and O–H groups in total. The van der Waals surface area contributed by atoms with Crippen LogP contribution in [0.5, 0.6) is 5.75 Å². The number of aliphatic hydroxyl groups is 4. The second-order valence-electron chi connectivity index (χ2n) is 11.4. The first-order chi connectivity index (χ1) is 16.9. The zero-order valence-electron chi connectivity index (χ0n) is 21.5. The third-order valence-electron chi connectivity index (χ3n) is 8.06. The molecule has 0 aromatic heterocycles. The van der Waals surface area contributed by atoms with Crippen LogP contribution in [-0.2, 0) is 19.8 Å². The first-order valence-corrected chi connectivity index (χ1v) is 11.9. The number of phenolic OH excluding ortho intramolecular Hbond substituents is 1. The topological polar surface area (TPSA) is 208 Å². The Morgan fingerprint density at radius 3 is 2.19 bits per heavy atom. The third-order valence-corrected chi connectivity index (χ3v) is 8.06. The van der Waals surface area contributed by atoms with Crippen LogP contribution >= 0.6 is 0 Å². The van der Waals surface area contributed by atoms with Gasteiger partial charge in [-0.2, -0.15) is 0 Å². The zero-order chi connectivity index (χ0) is 28.1. The van der Waals surface area contributed by atoms with Crippen LogP contribution in [0.2, 0.25) is 0 Å². The molecular weight excluding hydrogens is 482 g/mol. The van der Waals surface area contributed by atoms with Crippen LogP contribution in [0.1, 0.15) is 50.3 Å². The lowest BCUT2D eigenvalue weighted by molar-refractivity contribution is -0.169. The van der Waals surface area contributed by atoms with Crippen LogP contribution < -0.4 is 11.5 Å². The second kappa shape index (κ2) is 8.04. The van der Waals surface area contributed by atoms with Crippen molar-refractivity contribution in [1.82, 2.24) is 4.90 Å². The highest BCUT2D eigenvalue weighted by Gasteiger charge is 2.68. The van der Waals surface area contributed by atoms with E-state index in [1.165, 1.54) is 19.0 Å². The molecular formula is C26H33N3O8. The number of rotatable bonds is 2. The fourth-order valence-corrected chi connectivity index (χ4v) is 6.38. The van der Waals surface area contributed by atoms with Crippen LogP contribution in [0, 0.1) is 11.8 Å². The highest BCUT2D eigenvalue weighted by Crippen LogP contribution is 2.57. The normalized spacial score (nSPS) is 31.9. The van der Waals surface area contributed by atoms with E-state index >= 15 is 0 Å². The summed E-state index contributed by atoms with van der Waals surface area (Å²) in [4.78, 5) is 40.6. The first-order valence-electron chi connectivity index (χ1n) is 11.9. The largest absolute Gasteiger partial charge is 0.508 e. The lowest BCUT2D eigenvalue weighted by atomic mass is 9.54. The molecule has 1 aromatic carbocycles. The van der Waals surface area contributed by atoms with Gasteiger partial charge in [0.05, 0.1) is 23.6 Å². The standard InChI is InChI=1S/C26H33N3O8/c1-8-11-10(27)7-9(25(2,3)4)18(30)13(11)19(31)14-12(8)20(32)16-17(29(5)6)21(33)15(24(28)36)23(35)26(16,37)22(14)34/h7-8,12,16-17,20,30-32,35,37H,27H2,1-6H3,(H2,28,36). The number of likely N-dealkylation sites (N-methyl/N-ethyl adjacent to an activating group) is 1. The molecule has 0 bridgehead atoms. The van der Waals surface area contributed by atoms with Crippen molar-refractivity contribution in [2.45, 2.75) is 56.8 Å². The van der Waals surface area contributed by atoms with Crippen molar-refractivity contribution < 1.29 is 39.9 Å². The Morgan fingerprint density at radius 1 is 1.14 bits per heavy atom. The van der Waals surface area contributed by atoms with Crippen LogP contribution in [0.4, 0.5) is 5.69 Å². The molecule has 37 heavy (non-hydrogen) atoms. The molecule has 6 atom stereocenters. The number of primary amides is 1. The Hall–Kier alpha value is -3.41. The average molecular weight is 516 g/mol. The summed E-state index contributed by atoms with van der Waals surface area (Å²) in [6, 6.07) is 0.171. The molecule has 0 radical (unpaired) electrons. The van der Waals surface area contributed by atoms with Crippen molar-refractivity contribution in [3.05, 3.63) is 39.7 Å². The van der Waals surface area contributed by atoms with Gasteiger partial charge in [-0.1, -0.05) is 27.7 Å². The second-order valence-corrected chi connectivity index (χ2v) is 11.4. The summed E-state index contributed by atoms with van der Waals surface area (Å²) >= 11 is 0. The number of hydrogen-bond acceptors (Lipinski definition) is 10. The Morgan fingerprint density at radius 2 is 1.70 bits per heavy atom. The maximum Gasteiger partial charge on any atom is 0.255 e. The SMILES string of the molecule is CC1c2c(N)cc(C(C)(C)C)c(O)c2C(O)=C2C(=O)C3(O)C(O)=C(C(N)=O)C(=O)C(N(C)C)C3C(O)C21. The number of aromatic hydroxyl groups is 1. The van der Waals surface area contributed by atoms with Gasteiger partial charge in [0, 0.05) is 22.7 Å². The monoisotopic (exact) mass is 515 g/mol. The highest BCUT2D eigenvalue weighted by molar-refractivity contribution is 6.24. The molecule has 1 fully saturated rings. The van der Waals surface area contributed by atoms with Crippen LogP contribution in [0.25, 0.3) is 5.76 Å². The molecule has 0 heterocycles. The summed E-state index contributed by atoms with van der Waals surface area (Å²) in [5.74, 6) is -9.35. The number of fused-ring (bicyclic) bond motifs is 3. The van der Waals surface area contributed by atoms with Crippen molar-refractivity contribution in [3.8, 4) is 5.75 Å². The average Bonchev–Trinajstić information content (AvgIpc) is 2.76. The Balaban J connectivity index is 2.10. The summed E-state index contributed by atoms with van der Waals surface area (Å²) in [6.07, 6.45) is -1.67. The Kier molecular flexibility index (Phi) is 5.79. The van der Waals surface area contributed by atoms with Gasteiger partial charge < -0.3 is 37.0 Å². The number of amides is 1. The van der Waals surface area contributed by atoms with Gasteiger partial charge in [-0.3, -0.25) is 19.3 Å². The van der Waals surface area contributed by atoms with Crippen molar-refractivity contribution in [2.75, 3.05) is 19.8 Å². The maximum absolute atomic E-state index is 14.0. The van der Waals surface area contributed by atoms with Crippen LogP contribution in [0.15, 0.2) is 23.0 Å². The lowest BCUT2D eigenvalue weighted by Gasteiger charge is -2.53. The number of phenols is 1. The van der Waals surface area contributed by atoms with E-state index in [0.29, 0.717) is 11.1 Å². The van der Waals surface area contributed by atoms with Crippen molar-refractivity contribution in [1.29, 1.82) is 0 Å². The van der Waals surface area contributed by atoms with Gasteiger partial charge in [0.2, 0.25) is 5.78 Å². The minimum atomic E-state index is -2.95. The third kappa shape index (κ3) is 3.27. The molecule has 3 aliphatic carbocycles. The molecule has 6 unspecified atom stereocenters. The number of hydrogen-bond donors (Lipinski definition) is 7. The molecule has 3 aliphatic rings. The molecule has 200 valence electrons. The summed E-state index contributed by atoms with van der Waals surface area (Å²) < 4.78 is 0. The summed E-state index contributed by atoms with van der Waals surface area (Å²) in [5, 5.41) is 56.9. The summed E-state index contributed by atoms with van der Waals surface area (Å²) in [7, 11) is 2.90. The minimum absolute atomic E-state index is 0.110. The van der Waals surface area contributed by atoms with Gasteiger partial charge in [0.15, 0.2) is 11.4 Å². The van der Waals surface area contributed by atoms with Gasteiger partial charge >= 0.3 is 0 Å². The van der Waals surface area contributed by atoms with E-state index in [4.69, 9.17) is 11.5 Å². The fourth-order valence-electron chi connectivity index (χ4n) is 6.38. The number of ketones is 2. The molecule has 11 heteroatoms. The van der Waals surface area contributed by atoms with E-state index in [9.17, 15) is 39.9 Å². The molecule has 0 spiro atoms. The van der Waals surface area contributed by atoms with Gasteiger partial charge in [0.1, 0.15) is 22.8 Å². The molecule has 1 saturated carbocycles. The lowest BCUT2D eigenvalue weighted by Crippen LogP contribution is -2.70.